The zero-order chi connectivity index (χ0) is 21.2. The minimum Gasteiger partial charge on any atom is -0.355 e. The third-order valence-corrected chi connectivity index (χ3v) is 4.92. The lowest BCUT2D eigenvalue weighted by Crippen LogP contribution is -2.29. The predicted octanol–water partition coefficient (Wildman–Crippen LogP) is 2.48. The van der Waals surface area contributed by atoms with E-state index in [1.807, 2.05) is 36.4 Å². The number of benzene rings is 1. The third-order valence-electron chi connectivity index (χ3n) is 4.92. The van der Waals surface area contributed by atoms with Crippen LogP contribution in [0, 0.1) is 0 Å². The van der Waals surface area contributed by atoms with Gasteiger partial charge in [-0.05, 0) is 24.3 Å². The van der Waals surface area contributed by atoms with Gasteiger partial charge in [0.1, 0.15) is 5.82 Å². The number of amides is 1. The quantitative estimate of drug-likeness (QED) is 0.338. The molecule has 1 aliphatic rings. The molecule has 5 rings (SSSR count). The molecule has 0 saturated carbocycles. The van der Waals surface area contributed by atoms with Crippen molar-refractivity contribution in [1.82, 2.24) is 30.7 Å². The van der Waals surface area contributed by atoms with Gasteiger partial charge in [0.15, 0.2) is 11.5 Å². The van der Waals surface area contributed by atoms with Crippen molar-refractivity contribution in [3.05, 3.63) is 71.8 Å². The summed E-state index contributed by atoms with van der Waals surface area (Å²) in [5, 5.41) is 19.0. The molecule has 0 fully saturated rings. The molecule has 1 aliphatic heterocycles. The van der Waals surface area contributed by atoms with E-state index in [1.54, 1.807) is 12.3 Å². The van der Waals surface area contributed by atoms with Gasteiger partial charge in [-0.2, -0.15) is 15.4 Å². The number of anilines is 3. The van der Waals surface area contributed by atoms with Crippen LogP contribution in [0.15, 0.2) is 54.9 Å². The fourth-order valence-electron chi connectivity index (χ4n) is 3.53. The van der Waals surface area contributed by atoms with Crippen molar-refractivity contribution in [2.75, 3.05) is 17.2 Å². The van der Waals surface area contributed by atoms with Crippen molar-refractivity contribution >= 4 is 28.9 Å². The number of rotatable bonds is 5. The van der Waals surface area contributed by atoms with Gasteiger partial charge in [-0.1, -0.05) is 18.2 Å². The van der Waals surface area contributed by atoms with Crippen LogP contribution in [-0.4, -0.2) is 43.6 Å². The highest BCUT2D eigenvalue weighted by atomic mass is 16.2. The van der Waals surface area contributed by atoms with Crippen molar-refractivity contribution in [3.8, 4) is 11.3 Å². The van der Waals surface area contributed by atoms with Gasteiger partial charge in [-0.25, -0.2) is 4.98 Å². The van der Waals surface area contributed by atoms with E-state index < -0.39 is 5.91 Å². The van der Waals surface area contributed by atoms with E-state index in [9.17, 15) is 9.59 Å². The van der Waals surface area contributed by atoms with Crippen LogP contribution in [0.25, 0.3) is 11.3 Å². The van der Waals surface area contributed by atoms with Crippen LogP contribution in [0.2, 0.25) is 0 Å². The van der Waals surface area contributed by atoms with Gasteiger partial charge in [0.05, 0.1) is 29.7 Å². The summed E-state index contributed by atoms with van der Waals surface area (Å²) in [7, 11) is 0. The lowest BCUT2D eigenvalue weighted by atomic mass is 10.0. The Morgan fingerprint density at radius 2 is 1.97 bits per heavy atom. The Morgan fingerprint density at radius 1 is 1.10 bits per heavy atom. The smallest absolute Gasteiger partial charge is 0.278 e. The summed E-state index contributed by atoms with van der Waals surface area (Å²) >= 11 is 0. The lowest BCUT2D eigenvalue weighted by Gasteiger charge is -2.14. The number of H-pyrrole nitrogens is 2. The second-order valence-corrected chi connectivity index (χ2v) is 6.99. The van der Waals surface area contributed by atoms with Crippen LogP contribution in [-0.2, 0) is 6.54 Å². The van der Waals surface area contributed by atoms with Gasteiger partial charge in [0, 0.05) is 29.7 Å². The van der Waals surface area contributed by atoms with Gasteiger partial charge < -0.3 is 20.9 Å². The summed E-state index contributed by atoms with van der Waals surface area (Å²) in [6.45, 7) is 0.842. The maximum Gasteiger partial charge on any atom is 0.278 e. The largest absolute Gasteiger partial charge is 0.355 e. The number of hydrogen-bond acceptors (Lipinski definition) is 7. The van der Waals surface area contributed by atoms with Gasteiger partial charge in [0.2, 0.25) is 0 Å². The molecular formula is C21H18N8O2. The van der Waals surface area contributed by atoms with E-state index in [1.165, 1.54) is 6.20 Å². The topological polar surface area (TPSA) is 140 Å². The molecule has 4 heterocycles. The zero-order valence-corrected chi connectivity index (χ0v) is 16.3. The first-order valence-electron chi connectivity index (χ1n) is 9.63. The second kappa shape index (κ2) is 7.84. The van der Waals surface area contributed by atoms with E-state index in [-0.39, 0.29) is 18.0 Å². The molecule has 0 atom stereocenters. The summed E-state index contributed by atoms with van der Waals surface area (Å²) in [6, 6.07) is 13.2. The average molecular weight is 414 g/mol. The van der Waals surface area contributed by atoms with Crippen molar-refractivity contribution in [3.63, 3.8) is 0 Å². The Morgan fingerprint density at radius 3 is 2.77 bits per heavy atom. The summed E-state index contributed by atoms with van der Waals surface area (Å²) in [5.74, 6) is -0.0600. The Kier molecular flexibility index (Phi) is 4.73. The third kappa shape index (κ3) is 3.67. The molecule has 4 aromatic rings. The zero-order valence-electron chi connectivity index (χ0n) is 16.3. The molecule has 0 bridgehead atoms. The number of carbonyl (C=O) groups is 2. The molecule has 5 N–H and O–H groups in total. The normalized spacial score (nSPS) is 13.0. The van der Waals surface area contributed by atoms with E-state index in [4.69, 9.17) is 0 Å². The molecule has 154 valence electrons. The number of fused-ring (bicyclic) bond motifs is 1. The Balaban J connectivity index is 1.54. The van der Waals surface area contributed by atoms with Gasteiger partial charge in [0.25, 0.3) is 5.91 Å². The van der Waals surface area contributed by atoms with Gasteiger partial charge in [-0.3, -0.25) is 9.59 Å². The van der Waals surface area contributed by atoms with E-state index in [0.29, 0.717) is 23.6 Å². The predicted molar refractivity (Wildman–Crippen MR) is 114 cm³/mol. The number of pyridine rings is 1. The van der Waals surface area contributed by atoms with Crippen LogP contribution in [0.1, 0.15) is 26.5 Å². The van der Waals surface area contributed by atoms with Crippen LogP contribution in [0.4, 0.5) is 17.2 Å². The first-order valence-corrected chi connectivity index (χ1v) is 9.63. The molecule has 10 nitrogen and oxygen atoms in total. The summed E-state index contributed by atoms with van der Waals surface area (Å²) < 4.78 is 0. The molecule has 0 radical (unpaired) electrons. The van der Waals surface area contributed by atoms with E-state index >= 15 is 0 Å². The van der Waals surface area contributed by atoms with Crippen molar-refractivity contribution in [2.45, 2.75) is 6.54 Å². The van der Waals surface area contributed by atoms with Crippen LogP contribution >= 0.6 is 0 Å². The Hall–Kier alpha value is -4.31. The molecule has 1 aromatic carbocycles. The van der Waals surface area contributed by atoms with Crippen LogP contribution in [0.3, 0.4) is 0 Å². The number of nitrogens with one attached hydrogen (secondary N) is 5. The number of para-hydroxylation sites is 1. The number of Topliss-reactive ketones (excluding diaryl/α,β-unsaturated/α-hetero) is 1. The number of aromatic amines is 2. The summed E-state index contributed by atoms with van der Waals surface area (Å²) in [6.07, 6.45) is 2.93. The minimum absolute atomic E-state index is 0.01000. The molecule has 31 heavy (non-hydrogen) atoms. The number of aromatic nitrogens is 5. The highest BCUT2D eigenvalue weighted by Gasteiger charge is 2.27. The monoisotopic (exact) mass is 414 g/mol. The highest BCUT2D eigenvalue weighted by molar-refractivity contribution is 6.08. The average Bonchev–Trinajstić information content (AvgIpc) is 3.44. The molecule has 0 aliphatic carbocycles. The summed E-state index contributed by atoms with van der Waals surface area (Å²) in [5.41, 5.74) is 4.69. The molecule has 0 unspecified atom stereocenters. The first-order chi connectivity index (χ1) is 15.2. The fraction of sp³-hybridized carbons (Fsp3) is 0.0952. The molecule has 10 heteroatoms. The van der Waals surface area contributed by atoms with Crippen molar-refractivity contribution < 1.29 is 9.59 Å². The highest BCUT2D eigenvalue weighted by Crippen LogP contribution is 2.37. The maximum absolute atomic E-state index is 12.7. The minimum atomic E-state index is -0.425. The van der Waals surface area contributed by atoms with E-state index in [2.05, 4.69) is 41.3 Å². The Bertz CT molecular complexity index is 1250. The molecule has 0 saturated heterocycles. The Labute approximate surface area is 176 Å². The SMILES string of the molecule is O=C(Nc1cc(-c2[nH]c3c(c2Nc2ccccc2)C(=O)CNC3)ccn1)c1cn[nH]n1. The molecule has 0 spiro atoms. The molecule has 1 amide bonds. The van der Waals surface area contributed by atoms with Crippen molar-refractivity contribution in [1.29, 1.82) is 0 Å². The maximum atomic E-state index is 12.7. The standard InChI is InChI=1S/C21H18N8O2/c30-16-11-22-9-14-18(16)20(25-13-4-2-1-3-5-13)19(26-14)12-6-7-23-17(8-12)27-21(31)15-10-24-29-28-15/h1-8,10,22,25-26H,9,11H2,(H,23,27,31)(H,24,28,29). The fourth-order valence-corrected chi connectivity index (χ4v) is 3.53. The summed E-state index contributed by atoms with van der Waals surface area (Å²) in [4.78, 5) is 32.5. The van der Waals surface area contributed by atoms with Crippen molar-refractivity contribution in [2.24, 2.45) is 0 Å². The second-order valence-electron chi connectivity index (χ2n) is 6.99. The number of carbonyl (C=O) groups excluding carboxylic acids is 2. The van der Waals surface area contributed by atoms with Crippen LogP contribution < -0.4 is 16.0 Å². The van der Waals surface area contributed by atoms with Gasteiger partial charge in [-0.15, -0.1) is 0 Å². The number of nitrogens with zero attached hydrogens (tertiary/aromatic N) is 3. The van der Waals surface area contributed by atoms with Crippen LogP contribution in [0.5, 0.6) is 0 Å². The van der Waals surface area contributed by atoms with Gasteiger partial charge >= 0.3 is 0 Å². The molecule has 3 aromatic heterocycles. The number of ketones is 1. The number of hydrogen-bond donors (Lipinski definition) is 5. The first kappa shape index (κ1) is 18.7. The molecular weight excluding hydrogens is 396 g/mol. The van der Waals surface area contributed by atoms with E-state index in [0.717, 1.165) is 22.6 Å². The lowest BCUT2D eigenvalue weighted by molar-refractivity contribution is 0.0981.